The second kappa shape index (κ2) is 6.48. The van der Waals surface area contributed by atoms with Gasteiger partial charge in [0.1, 0.15) is 0 Å². The Morgan fingerprint density at radius 1 is 1.50 bits per heavy atom. The highest BCUT2D eigenvalue weighted by atomic mass is 16.3. The van der Waals surface area contributed by atoms with E-state index in [0.717, 1.165) is 19.3 Å². The summed E-state index contributed by atoms with van der Waals surface area (Å²) in [5, 5.41) is 11.4. The Labute approximate surface area is 95.8 Å². The van der Waals surface area contributed by atoms with E-state index in [9.17, 15) is 9.59 Å². The zero-order valence-electron chi connectivity index (χ0n) is 9.74. The van der Waals surface area contributed by atoms with Crippen LogP contribution >= 0.6 is 0 Å². The molecule has 1 unspecified atom stereocenters. The summed E-state index contributed by atoms with van der Waals surface area (Å²) in [7, 11) is 1.72. The Balaban J connectivity index is 2.14. The van der Waals surface area contributed by atoms with Gasteiger partial charge in [-0.1, -0.05) is 0 Å². The number of hydrogen-bond acceptors (Lipinski definition) is 3. The van der Waals surface area contributed by atoms with Crippen LogP contribution in [-0.4, -0.2) is 48.6 Å². The van der Waals surface area contributed by atoms with Gasteiger partial charge >= 0.3 is 0 Å². The van der Waals surface area contributed by atoms with Crippen molar-refractivity contribution < 1.29 is 14.7 Å². The number of aliphatic hydroxyl groups excluding tert-OH is 1. The van der Waals surface area contributed by atoms with Gasteiger partial charge in [0, 0.05) is 33.2 Å². The summed E-state index contributed by atoms with van der Waals surface area (Å²) in [6.45, 7) is 1.37. The van der Waals surface area contributed by atoms with Gasteiger partial charge < -0.3 is 15.3 Å². The van der Waals surface area contributed by atoms with E-state index in [1.54, 1.807) is 11.9 Å². The lowest BCUT2D eigenvalue weighted by Crippen LogP contribution is -2.32. The number of nitrogens with one attached hydrogen (secondary N) is 1. The van der Waals surface area contributed by atoms with E-state index >= 15 is 0 Å². The smallest absolute Gasteiger partial charge is 0.225 e. The van der Waals surface area contributed by atoms with Crippen molar-refractivity contribution in [3.8, 4) is 0 Å². The Hall–Kier alpha value is -1.10. The monoisotopic (exact) mass is 228 g/mol. The van der Waals surface area contributed by atoms with Gasteiger partial charge in [-0.25, -0.2) is 0 Å². The molecule has 0 radical (unpaired) electrons. The normalized spacial score (nSPS) is 20.2. The van der Waals surface area contributed by atoms with Gasteiger partial charge in [0.2, 0.25) is 11.8 Å². The molecule has 2 amide bonds. The number of unbranched alkanes of at least 4 members (excludes halogenated alkanes) is 2. The van der Waals surface area contributed by atoms with Gasteiger partial charge in [-0.2, -0.15) is 0 Å². The van der Waals surface area contributed by atoms with E-state index in [4.69, 9.17) is 5.11 Å². The minimum absolute atomic E-state index is 0.0262. The van der Waals surface area contributed by atoms with Crippen molar-refractivity contribution in [1.82, 2.24) is 10.2 Å². The molecule has 92 valence electrons. The van der Waals surface area contributed by atoms with Crippen LogP contribution in [0.15, 0.2) is 0 Å². The fourth-order valence-corrected chi connectivity index (χ4v) is 1.81. The standard InChI is InChI=1S/C11H20N2O3/c1-13-8-9(7-10(13)15)11(16)12-5-3-2-4-6-14/h9,14H,2-8H2,1H3,(H,12,16). The largest absolute Gasteiger partial charge is 0.396 e. The van der Waals surface area contributed by atoms with E-state index in [1.807, 2.05) is 0 Å². The molecule has 1 aliphatic heterocycles. The maximum Gasteiger partial charge on any atom is 0.225 e. The molecule has 0 saturated carbocycles. The Morgan fingerprint density at radius 2 is 2.25 bits per heavy atom. The second-order valence-corrected chi connectivity index (χ2v) is 4.25. The number of rotatable bonds is 6. The summed E-state index contributed by atoms with van der Waals surface area (Å²) in [5.41, 5.74) is 0. The van der Waals surface area contributed by atoms with Crippen LogP contribution < -0.4 is 5.32 Å². The fourth-order valence-electron chi connectivity index (χ4n) is 1.81. The molecule has 2 N–H and O–H groups in total. The average molecular weight is 228 g/mol. The van der Waals surface area contributed by atoms with Gasteiger partial charge in [-0.05, 0) is 19.3 Å². The molecule has 0 aromatic heterocycles. The molecule has 0 aromatic rings. The highest BCUT2D eigenvalue weighted by molar-refractivity contribution is 5.89. The van der Waals surface area contributed by atoms with Crippen LogP contribution in [0.5, 0.6) is 0 Å². The number of carbonyl (C=O) groups is 2. The molecule has 1 aliphatic rings. The molecule has 0 aliphatic carbocycles. The number of hydrogen-bond donors (Lipinski definition) is 2. The predicted molar refractivity (Wildman–Crippen MR) is 59.7 cm³/mol. The van der Waals surface area contributed by atoms with Crippen molar-refractivity contribution in [3.63, 3.8) is 0 Å². The van der Waals surface area contributed by atoms with Gasteiger partial charge in [0.15, 0.2) is 0 Å². The molecule has 5 nitrogen and oxygen atoms in total. The number of likely N-dealkylation sites (tertiary alicyclic amines) is 1. The highest BCUT2D eigenvalue weighted by Crippen LogP contribution is 2.15. The van der Waals surface area contributed by atoms with Gasteiger partial charge in [-0.3, -0.25) is 9.59 Å². The molecule has 5 heteroatoms. The van der Waals surface area contributed by atoms with Crippen molar-refractivity contribution in [2.24, 2.45) is 5.92 Å². The molecule has 0 spiro atoms. The lowest BCUT2D eigenvalue weighted by molar-refractivity contribution is -0.128. The maximum absolute atomic E-state index is 11.6. The number of nitrogens with zero attached hydrogens (tertiary/aromatic N) is 1. The van der Waals surface area contributed by atoms with Gasteiger partial charge in [-0.15, -0.1) is 0 Å². The first-order valence-corrected chi connectivity index (χ1v) is 5.77. The fraction of sp³-hybridized carbons (Fsp3) is 0.818. The minimum Gasteiger partial charge on any atom is -0.396 e. The first-order chi connectivity index (χ1) is 7.65. The molecule has 16 heavy (non-hydrogen) atoms. The molecular weight excluding hydrogens is 208 g/mol. The molecule has 0 bridgehead atoms. The van der Waals surface area contributed by atoms with E-state index in [0.29, 0.717) is 19.5 Å². The SMILES string of the molecule is CN1CC(C(=O)NCCCCCO)CC1=O. The number of aliphatic hydroxyl groups is 1. The summed E-state index contributed by atoms with van der Waals surface area (Å²) in [5.74, 6) is -0.169. The van der Waals surface area contributed by atoms with E-state index in [-0.39, 0.29) is 24.3 Å². The molecular formula is C11H20N2O3. The zero-order valence-corrected chi connectivity index (χ0v) is 9.74. The molecule has 0 aromatic carbocycles. The third kappa shape index (κ3) is 3.81. The van der Waals surface area contributed by atoms with Gasteiger partial charge in [0.25, 0.3) is 0 Å². The Bertz CT molecular complexity index is 256. The summed E-state index contributed by atoms with van der Waals surface area (Å²) >= 11 is 0. The lowest BCUT2D eigenvalue weighted by atomic mass is 10.1. The van der Waals surface area contributed by atoms with E-state index < -0.39 is 0 Å². The number of carbonyl (C=O) groups excluding carboxylic acids is 2. The third-order valence-electron chi connectivity index (χ3n) is 2.85. The first kappa shape index (κ1) is 13.0. The highest BCUT2D eigenvalue weighted by Gasteiger charge is 2.31. The van der Waals surface area contributed by atoms with Crippen LogP contribution in [0.2, 0.25) is 0 Å². The van der Waals surface area contributed by atoms with Crippen molar-refractivity contribution >= 4 is 11.8 Å². The molecule has 1 atom stereocenters. The Kier molecular flexibility index (Phi) is 5.25. The van der Waals surface area contributed by atoms with Crippen molar-refractivity contribution in [2.45, 2.75) is 25.7 Å². The van der Waals surface area contributed by atoms with E-state index in [2.05, 4.69) is 5.32 Å². The second-order valence-electron chi connectivity index (χ2n) is 4.25. The topological polar surface area (TPSA) is 69.6 Å². The van der Waals surface area contributed by atoms with Crippen molar-refractivity contribution in [1.29, 1.82) is 0 Å². The average Bonchev–Trinajstić information content (AvgIpc) is 2.59. The first-order valence-electron chi connectivity index (χ1n) is 5.77. The summed E-state index contributed by atoms with van der Waals surface area (Å²) in [6, 6.07) is 0. The summed E-state index contributed by atoms with van der Waals surface area (Å²) in [6.07, 6.45) is 2.91. The zero-order chi connectivity index (χ0) is 12.0. The van der Waals surface area contributed by atoms with Crippen LogP contribution in [0.3, 0.4) is 0 Å². The van der Waals surface area contributed by atoms with Crippen LogP contribution in [-0.2, 0) is 9.59 Å². The van der Waals surface area contributed by atoms with Crippen molar-refractivity contribution in [2.75, 3.05) is 26.7 Å². The summed E-state index contributed by atoms with van der Waals surface area (Å²) in [4.78, 5) is 24.4. The minimum atomic E-state index is -0.185. The third-order valence-corrected chi connectivity index (χ3v) is 2.85. The van der Waals surface area contributed by atoms with E-state index in [1.165, 1.54) is 0 Å². The van der Waals surface area contributed by atoms with Crippen LogP contribution in [0.25, 0.3) is 0 Å². The predicted octanol–water partition coefficient (Wildman–Crippen LogP) is -0.257. The van der Waals surface area contributed by atoms with Crippen molar-refractivity contribution in [3.05, 3.63) is 0 Å². The molecule has 1 saturated heterocycles. The van der Waals surface area contributed by atoms with Crippen LogP contribution in [0, 0.1) is 5.92 Å². The quantitative estimate of drug-likeness (QED) is 0.616. The van der Waals surface area contributed by atoms with Gasteiger partial charge in [0.05, 0.1) is 5.92 Å². The molecule has 1 rings (SSSR count). The van der Waals surface area contributed by atoms with Crippen LogP contribution in [0.1, 0.15) is 25.7 Å². The van der Waals surface area contributed by atoms with Crippen LogP contribution in [0.4, 0.5) is 0 Å². The molecule has 1 fully saturated rings. The lowest BCUT2D eigenvalue weighted by Gasteiger charge is -2.10. The summed E-state index contributed by atoms with van der Waals surface area (Å²) < 4.78 is 0. The Morgan fingerprint density at radius 3 is 2.81 bits per heavy atom. The maximum atomic E-state index is 11.6. The molecule has 1 heterocycles. The number of amides is 2.